The number of aryl methyl sites for hydroxylation is 3. The van der Waals surface area contributed by atoms with Gasteiger partial charge in [0.05, 0.1) is 20.7 Å². The van der Waals surface area contributed by atoms with Crippen molar-refractivity contribution in [1.82, 2.24) is 20.3 Å². The maximum atomic E-state index is 15.7. The lowest BCUT2D eigenvalue weighted by atomic mass is 10.1. The Balaban J connectivity index is 1.97. The van der Waals surface area contributed by atoms with E-state index >= 15 is 25.3 Å². The summed E-state index contributed by atoms with van der Waals surface area (Å²) in [6, 6.07) is 25.2. The lowest BCUT2D eigenvalue weighted by Crippen LogP contribution is -2.72. The summed E-state index contributed by atoms with van der Waals surface area (Å²) >= 11 is 0. The van der Waals surface area contributed by atoms with Crippen LogP contribution < -0.4 is 16.0 Å². The number of sulfonamides is 1. The molecule has 1 fully saturated rings. The number of nitrogens with one attached hydrogen (secondary N) is 3. The maximum absolute atomic E-state index is 15.7. The van der Waals surface area contributed by atoms with Gasteiger partial charge in [0.1, 0.15) is 0 Å². The standard InChI is InChI=1S/C36H44N4O6S3/c1-28-9-15-32(16-10-28)47(41,42)36(48(43,44)33-17-11-29(2)12-18-33)35(27-31-7-5-4-6-8-31)39-24-23-37-21-22-38-25-26-40(36)49(45,46)34-19-13-30(3)14-20-34/h4-20,35,37-39H,21-27H2,1-3H3. The molecule has 0 saturated carbocycles. The Labute approximate surface area is 290 Å². The van der Waals surface area contributed by atoms with E-state index < -0.39 is 46.5 Å². The van der Waals surface area contributed by atoms with E-state index in [-0.39, 0.29) is 34.2 Å². The summed E-state index contributed by atoms with van der Waals surface area (Å²) in [7, 11) is -15.0. The molecule has 3 N–H and O–H groups in total. The number of nitrogens with zero attached hydrogens (tertiary/aromatic N) is 1. The Kier molecular flexibility index (Phi) is 11.4. The predicted octanol–water partition coefficient (Wildman–Crippen LogP) is 3.60. The Morgan fingerprint density at radius 1 is 0.571 bits per heavy atom. The second-order valence-corrected chi connectivity index (χ2v) is 18.7. The first-order chi connectivity index (χ1) is 23.3. The molecule has 1 aliphatic rings. The minimum absolute atomic E-state index is 0.0145. The fourth-order valence-corrected chi connectivity index (χ4v) is 14.0. The SMILES string of the molecule is Cc1ccc(S(=O)(=O)N2CCNCCNCCNC(Cc3ccccc3)C2(S(=O)(=O)c2ccc(C)cc2)S(=O)(=O)c2ccc(C)cc2)cc1. The Bertz CT molecular complexity index is 1960. The average molecular weight is 725 g/mol. The normalized spacial score (nSPS) is 18.6. The van der Waals surface area contributed by atoms with Crippen LogP contribution in [0.1, 0.15) is 22.3 Å². The van der Waals surface area contributed by atoms with E-state index in [1.807, 2.05) is 0 Å². The fraction of sp³-hybridized carbons (Fsp3) is 0.333. The molecule has 0 aliphatic carbocycles. The highest BCUT2D eigenvalue weighted by atomic mass is 32.3. The van der Waals surface area contributed by atoms with Gasteiger partial charge >= 0.3 is 0 Å². The maximum Gasteiger partial charge on any atom is 0.263 e. The van der Waals surface area contributed by atoms with Crippen LogP contribution in [-0.2, 0) is 36.1 Å². The molecule has 13 heteroatoms. The number of hydrogen-bond donors (Lipinski definition) is 3. The van der Waals surface area contributed by atoms with Gasteiger partial charge in [-0.05, 0) is 69.2 Å². The van der Waals surface area contributed by atoms with Crippen LogP contribution in [0, 0.1) is 20.8 Å². The van der Waals surface area contributed by atoms with Crippen LogP contribution in [0.3, 0.4) is 0 Å². The highest BCUT2D eigenvalue weighted by Gasteiger charge is 2.67. The van der Waals surface area contributed by atoms with Crippen molar-refractivity contribution in [2.45, 2.75) is 52.1 Å². The molecule has 0 radical (unpaired) electrons. The number of benzene rings is 4. The van der Waals surface area contributed by atoms with Crippen LogP contribution in [-0.4, -0.2) is 79.1 Å². The van der Waals surface area contributed by atoms with Crippen molar-refractivity contribution in [3.05, 3.63) is 125 Å². The summed E-state index contributed by atoms with van der Waals surface area (Å²) < 4.78 is 90.7. The molecule has 5 rings (SSSR count). The summed E-state index contributed by atoms with van der Waals surface area (Å²) in [5.74, 6) is 0. The van der Waals surface area contributed by atoms with Gasteiger partial charge in [-0.1, -0.05) is 83.4 Å². The van der Waals surface area contributed by atoms with Crippen molar-refractivity contribution in [1.29, 1.82) is 0 Å². The molecule has 1 unspecified atom stereocenters. The summed E-state index contributed by atoms with van der Waals surface area (Å²) in [4.78, 5) is -0.834. The monoisotopic (exact) mass is 724 g/mol. The molecule has 262 valence electrons. The molecule has 0 aromatic heterocycles. The summed E-state index contributed by atoms with van der Waals surface area (Å²) in [6.45, 7) is 6.47. The van der Waals surface area contributed by atoms with Gasteiger partial charge in [0.25, 0.3) is 4.20 Å². The third-order valence-electron chi connectivity index (χ3n) is 8.77. The van der Waals surface area contributed by atoms with E-state index in [2.05, 4.69) is 16.0 Å². The molecule has 49 heavy (non-hydrogen) atoms. The Hall–Kier alpha value is -3.43. The van der Waals surface area contributed by atoms with Gasteiger partial charge in [0.2, 0.25) is 29.7 Å². The predicted molar refractivity (Wildman–Crippen MR) is 192 cm³/mol. The van der Waals surface area contributed by atoms with Crippen molar-refractivity contribution in [3.63, 3.8) is 0 Å². The molecule has 0 amide bonds. The van der Waals surface area contributed by atoms with Gasteiger partial charge in [0, 0.05) is 39.3 Å². The van der Waals surface area contributed by atoms with E-state index in [1.165, 1.54) is 36.4 Å². The lowest BCUT2D eigenvalue weighted by Gasteiger charge is -2.46. The van der Waals surface area contributed by atoms with E-state index in [0.29, 0.717) is 25.2 Å². The van der Waals surface area contributed by atoms with E-state index in [4.69, 9.17) is 0 Å². The zero-order chi connectivity index (χ0) is 35.3. The fourth-order valence-electron chi connectivity index (χ4n) is 6.14. The van der Waals surface area contributed by atoms with Crippen LogP contribution in [0.4, 0.5) is 0 Å². The molecule has 4 aromatic rings. The van der Waals surface area contributed by atoms with Crippen LogP contribution in [0.5, 0.6) is 0 Å². The summed E-state index contributed by atoms with van der Waals surface area (Å²) in [5, 5.41) is 9.74. The Morgan fingerprint density at radius 2 is 1.00 bits per heavy atom. The zero-order valence-corrected chi connectivity index (χ0v) is 30.4. The molecular formula is C36H44N4O6S3. The molecule has 1 saturated heterocycles. The first-order valence-corrected chi connectivity index (χ1v) is 20.6. The van der Waals surface area contributed by atoms with Gasteiger partial charge in [-0.15, -0.1) is 0 Å². The highest BCUT2D eigenvalue weighted by Crippen LogP contribution is 2.45. The third kappa shape index (κ3) is 7.39. The summed E-state index contributed by atoms with van der Waals surface area (Å²) in [5.41, 5.74) is 2.93. The summed E-state index contributed by atoms with van der Waals surface area (Å²) in [6.07, 6.45) is -0.121. The van der Waals surface area contributed by atoms with Crippen molar-refractivity contribution < 1.29 is 25.3 Å². The van der Waals surface area contributed by atoms with Crippen LogP contribution in [0.25, 0.3) is 0 Å². The molecule has 1 heterocycles. The van der Waals surface area contributed by atoms with Crippen molar-refractivity contribution >= 4 is 29.7 Å². The number of hydrogen-bond acceptors (Lipinski definition) is 9. The van der Waals surface area contributed by atoms with Crippen LogP contribution in [0.2, 0.25) is 0 Å². The molecule has 10 nitrogen and oxygen atoms in total. The van der Waals surface area contributed by atoms with E-state index in [9.17, 15) is 0 Å². The van der Waals surface area contributed by atoms with Gasteiger partial charge in [-0.2, -0.15) is 4.31 Å². The van der Waals surface area contributed by atoms with E-state index in [1.54, 1.807) is 87.5 Å². The largest absolute Gasteiger partial charge is 0.314 e. The zero-order valence-electron chi connectivity index (χ0n) is 28.0. The van der Waals surface area contributed by atoms with Crippen LogP contribution in [0.15, 0.2) is 118 Å². The molecule has 0 bridgehead atoms. The highest BCUT2D eigenvalue weighted by molar-refractivity contribution is 8.11. The number of rotatable bonds is 8. The van der Waals surface area contributed by atoms with Gasteiger partial charge in [-0.25, -0.2) is 25.3 Å². The first kappa shape index (κ1) is 36.8. The van der Waals surface area contributed by atoms with Crippen LogP contribution >= 0.6 is 0 Å². The van der Waals surface area contributed by atoms with Crippen molar-refractivity contribution in [2.75, 3.05) is 39.3 Å². The molecule has 1 atom stereocenters. The third-order valence-corrected chi connectivity index (χ3v) is 16.6. The molecular weight excluding hydrogens is 681 g/mol. The van der Waals surface area contributed by atoms with Gasteiger partial charge in [-0.3, -0.25) is 0 Å². The second kappa shape index (κ2) is 15.2. The molecule has 4 aromatic carbocycles. The van der Waals surface area contributed by atoms with Gasteiger partial charge in [0.15, 0.2) is 0 Å². The lowest BCUT2D eigenvalue weighted by molar-refractivity contribution is 0.266. The second-order valence-electron chi connectivity index (χ2n) is 12.4. The average Bonchev–Trinajstić information content (AvgIpc) is 3.06. The van der Waals surface area contributed by atoms with Crippen molar-refractivity contribution in [2.24, 2.45) is 0 Å². The van der Waals surface area contributed by atoms with Crippen molar-refractivity contribution in [3.8, 4) is 0 Å². The van der Waals surface area contributed by atoms with E-state index in [0.717, 1.165) is 21.0 Å². The smallest absolute Gasteiger partial charge is 0.263 e. The molecule has 1 aliphatic heterocycles. The topological polar surface area (TPSA) is 142 Å². The first-order valence-electron chi connectivity index (χ1n) is 16.2. The number of sulfone groups is 2. The minimum Gasteiger partial charge on any atom is -0.314 e. The van der Waals surface area contributed by atoms with Gasteiger partial charge < -0.3 is 16.0 Å². The quantitative estimate of drug-likeness (QED) is 0.249. The Morgan fingerprint density at radius 3 is 1.49 bits per heavy atom. The minimum atomic E-state index is -5.11. The molecule has 0 spiro atoms.